The molecule has 0 bridgehead atoms. The summed E-state index contributed by atoms with van der Waals surface area (Å²) in [4.78, 5) is 0. The second-order valence-corrected chi connectivity index (χ2v) is 3.83. The number of nitrogens with zero attached hydrogens (tertiary/aromatic N) is 2. The van der Waals surface area contributed by atoms with Crippen LogP contribution in [0.15, 0.2) is 27.1 Å². The van der Waals surface area contributed by atoms with Crippen molar-refractivity contribution in [3.63, 3.8) is 0 Å². The molecule has 0 aliphatic heterocycles. The number of hydrogen-bond acceptors (Lipinski definition) is 6. The van der Waals surface area contributed by atoms with Crippen LogP contribution in [0.2, 0.25) is 0 Å². The highest BCUT2D eigenvalue weighted by molar-refractivity contribution is 9.10. The molecule has 0 saturated carbocycles. The fourth-order valence-electron chi connectivity index (χ4n) is 1.18. The van der Waals surface area contributed by atoms with Crippen LogP contribution in [0.4, 0.5) is 17.7 Å². The maximum Gasteiger partial charge on any atom is 0.321 e. The van der Waals surface area contributed by atoms with Gasteiger partial charge in [-0.1, -0.05) is 26.1 Å². The molecular weight excluding hydrogens is 276 g/mol. The minimum absolute atomic E-state index is 0.0106. The largest absolute Gasteiger partial charge is 0.495 e. The van der Waals surface area contributed by atoms with Gasteiger partial charge in [-0.2, -0.15) is 0 Å². The van der Waals surface area contributed by atoms with Crippen molar-refractivity contribution in [3.8, 4) is 5.75 Å². The van der Waals surface area contributed by atoms with Crippen LogP contribution in [0.3, 0.4) is 0 Å². The van der Waals surface area contributed by atoms with E-state index in [4.69, 9.17) is 14.9 Å². The van der Waals surface area contributed by atoms with Crippen molar-refractivity contribution in [2.45, 2.75) is 0 Å². The van der Waals surface area contributed by atoms with Gasteiger partial charge in [-0.15, -0.1) is 0 Å². The molecule has 1 heterocycles. The second-order valence-electron chi connectivity index (χ2n) is 2.92. The SMILES string of the molecule is COc1ccc(Br)cc1Nc1nnc(N)o1. The van der Waals surface area contributed by atoms with E-state index < -0.39 is 0 Å². The molecule has 0 unspecified atom stereocenters. The number of hydrogen-bond donors (Lipinski definition) is 2. The first-order chi connectivity index (χ1) is 7.69. The molecule has 2 aromatic rings. The predicted octanol–water partition coefficient (Wildman–Crippen LogP) is 2.17. The lowest BCUT2D eigenvalue weighted by Crippen LogP contribution is -1.94. The Hall–Kier alpha value is -1.76. The van der Waals surface area contributed by atoms with Gasteiger partial charge < -0.3 is 20.2 Å². The van der Waals surface area contributed by atoms with Crippen LogP contribution in [0.5, 0.6) is 5.75 Å². The van der Waals surface area contributed by atoms with Crippen LogP contribution in [-0.4, -0.2) is 17.3 Å². The highest BCUT2D eigenvalue weighted by atomic mass is 79.9. The maximum absolute atomic E-state index is 5.31. The first-order valence-corrected chi connectivity index (χ1v) is 5.18. The fourth-order valence-corrected chi connectivity index (χ4v) is 1.54. The van der Waals surface area contributed by atoms with E-state index in [9.17, 15) is 0 Å². The van der Waals surface area contributed by atoms with Gasteiger partial charge in [0.05, 0.1) is 12.8 Å². The Morgan fingerprint density at radius 3 is 2.88 bits per heavy atom. The quantitative estimate of drug-likeness (QED) is 0.898. The fraction of sp³-hybridized carbons (Fsp3) is 0.111. The number of nitrogens with two attached hydrogens (primary N) is 1. The van der Waals surface area contributed by atoms with Gasteiger partial charge in [-0.25, -0.2) is 0 Å². The zero-order chi connectivity index (χ0) is 11.5. The lowest BCUT2D eigenvalue weighted by Gasteiger charge is -2.08. The summed E-state index contributed by atoms with van der Waals surface area (Å²) in [5.74, 6) is 0.667. The molecule has 0 aliphatic carbocycles. The van der Waals surface area contributed by atoms with Gasteiger partial charge in [0, 0.05) is 4.47 Å². The zero-order valence-electron chi connectivity index (χ0n) is 8.40. The molecule has 0 saturated heterocycles. The number of ether oxygens (including phenoxy) is 1. The molecule has 0 spiro atoms. The maximum atomic E-state index is 5.31. The Morgan fingerprint density at radius 1 is 1.44 bits per heavy atom. The van der Waals surface area contributed by atoms with Crippen LogP contribution in [0.25, 0.3) is 0 Å². The Labute approximate surface area is 99.9 Å². The molecule has 0 atom stereocenters. The van der Waals surface area contributed by atoms with Crippen molar-refractivity contribution >= 4 is 33.6 Å². The Balaban J connectivity index is 2.29. The monoisotopic (exact) mass is 284 g/mol. The number of nitrogen functional groups attached to an aromatic ring is 1. The van der Waals surface area contributed by atoms with E-state index in [-0.39, 0.29) is 12.0 Å². The van der Waals surface area contributed by atoms with Crippen LogP contribution in [0.1, 0.15) is 0 Å². The van der Waals surface area contributed by atoms with Gasteiger partial charge in [-0.05, 0) is 18.2 Å². The van der Waals surface area contributed by atoms with Crippen LogP contribution in [-0.2, 0) is 0 Å². The summed E-state index contributed by atoms with van der Waals surface area (Å²) in [5.41, 5.74) is 6.02. The van der Waals surface area contributed by atoms with Gasteiger partial charge in [0.1, 0.15) is 5.75 Å². The Kier molecular flexibility index (Phi) is 2.95. The standard InChI is InChI=1S/C9H9BrN4O2/c1-15-7-3-2-5(10)4-6(7)12-9-14-13-8(11)16-9/h2-4H,1H3,(H2,11,13)(H,12,14). The molecule has 84 valence electrons. The molecule has 7 heteroatoms. The minimum Gasteiger partial charge on any atom is -0.495 e. The highest BCUT2D eigenvalue weighted by Gasteiger charge is 2.08. The molecule has 1 aromatic carbocycles. The van der Waals surface area contributed by atoms with Crippen molar-refractivity contribution in [2.75, 3.05) is 18.2 Å². The van der Waals surface area contributed by atoms with Gasteiger partial charge in [-0.3, -0.25) is 0 Å². The molecular formula is C9H9BrN4O2. The minimum atomic E-state index is 0.0106. The van der Waals surface area contributed by atoms with Crippen molar-refractivity contribution in [1.29, 1.82) is 0 Å². The Bertz CT molecular complexity index is 500. The molecule has 0 aliphatic rings. The van der Waals surface area contributed by atoms with Crippen molar-refractivity contribution in [1.82, 2.24) is 10.2 Å². The van der Waals surface area contributed by atoms with E-state index in [0.717, 1.165) is 4.47 Å². The molecule has 0 radical (unpaired) electrons. The Morgan fingerprint density at radius 2 is 2.25 bits per heavy atom. The normalized spacial score (nSPS) is 10.1. The molecule has 6 nitrogen and oxygen atoms in total. The molecule has 3 N–H and O–H groups in total. The zero-order valence-corrected chi connectivity index (χ0v) is 9.98. The predicted molar refractivity (Wildman–Crippen MR) is 62.7 cm³/mol. The summed E-state index contributed by atoms with van der Waals surface area (Å²) in [7, 11) is 1.58. The molecule has 16 heavy (non-hydrogen) atoms. The van der Waals surface area contributed by atoms with E-state index in [2.05, 4.69) is 31.4 Å². The summed E-state index contributed by atoms with van der Waals surface area (Å²) < 4.78 is 11.1. The number of halogens is 1. The van der Waals surface area contributed by atoms with Crippen molar-refractivity contribution in [2.24, 2.45) is 0 Å². The van der Waals surface area contributed by atoms with E-state index in [1.165, 1.54) is 0 Å². The summed E-state index contributed by atoms with van der Waals surface area (Å²) in [6.45, 7) is 0. The summed E-state index contributed by atoms with van der Waals surface area (Å²) in [5, 5.41) is 10.1. The van der Waals surface area contributed by atoms with Gasteiger partial charge >= 0.3 is 12.0 Å². The van der Waals surface area contributed by atoms with E-state index in [1.54, 1.807) is 7.11 Å². The second kappa shape index (κ2) is 4.40. The van der Waals surface area contributed by atoms with Crippen LogP contribution in [0, 0.1) is 0 Å². The molecule has 0 amide bonds. The summed E-state index contributed by atoms with van der Waals surface area (Å²) in [6.07, 6.45) is 0. The van der Waals surface area contributed by atoms with E-state index in [0.29, 0.717) is 11.4 Å². The first kappa shape index (κ1) is 10.7. The van der Waals surface area contributed by atoms with Crippen molar-refractivity contribution < 1.29 is 9.15 Å². The lowest BCUT2D eigenvalue weighted by atomic mass is 10.3. The number of methoxy groups -OCH3 is 1. The molecule has 1 aromatic heterocycles. The van der Waals surface area contributed by atoms with Crippen LogP contribution < -0.4 is 15.8 Å². The molecule has 0 fully saturated rings. The third-order valence-corrected chi connectivity index (χ3v) is 2.34. The van der Waals surface area contributed by atoms with Crippen molar-refractivity contribution in [3.05, 3.63) is 22.7 Å². The third kappa shape index (κ3) is 2.25. The number of anilines is 3. The summed E-state index contributed by atoms with van der Waals surface area (Å²) >= 11 is 3.36. The average Bonchev–Trinajstić information content (AvgIpc) is 2.64. The van der Waals surface area contributed by atoms with Gasteiger partial charge in [0.25, 0.3) is 0 Å². The number of rotatable bonds is 3. The first-order valence-electron chi connectivity index (χ1n) is 4.38. The van der Waals surface area contributed by atoms with E-state index >= 15 is 0 Å². The van der Waals surface area contributed by atoms with Gasteiger partial charge in [0.15, 0.2) is 0 Å². The topological polar surface area (TPSA) is 86.2 Å². The third-order valence-electron chi connectivity index (χ3n) is 1.84. The number of aromatic nitrogens is 2. The number of nitrogens with one attached hydrogen (secondary N) is 1. The summed E-state index contributed by atoms with van der Waals surface area (Å²) in [6, 6.07) is 5.74. The van der Waals surface area contributed by atoms with Crippen LogP contribution >= 0.6 is 15.9 Å². The van der Waals surface area contributed by atoms with Gasteiger partial charge in [0.2, 0.25) is 0 Å². The molecule has 2 rings (SSSR count). The average molecular weight is 285 g/mol. The lowest BCUT2D eigenvalue weighted by molar-refractivity contribution is 0.416. The van der Waals surface area contributed by atoms with E-state index in [1.807, 2.05) is 18.2 Å². The highest BCUT2D eigenvalue weighted by Crippen LogP contribution is 2.30. The number of benzene rings is 1. The smallest absolute Gasteiger partial charge is 0.321 e.